The molecule has 1 amide bonds. The van der Waals surface area contributed by atoms with E-state index in [1.165, 1.54) is 21.8 Å². The first kappa shape index (κ1) is 26.2. The zero-order valence-corrected chi connectivity index (χ0v) is 20.6. The van der Waals surface area contributed by atoms with E-state index >= 15 is 0 Å². The Morgan fingerprint density at radius 3 is 2.06 bits per heavy atom. The number of amides is 1. The van der Waals surface area contributed by atoms with Gasteiger partial charge in [-0.3, -0.25) is 14.5 Å². The first-order chi connectivity index (χ1) is 17.0. The number of rotatable bonds is 1. The number of para-hydroxylation sites is 2. The van der Waals surface area contributed by atoms with E-state index in [1.54, 1.807) is 44.7 Å². The molecular weight excluding hydrogens is 460 g/mol. The Kier molecular flexibility index (Phi) is 7.90. The highest BCUT2D eigenvalue weighted by Crippen LogP contribution is 2.34. The Hall–Kier alpha value is -4.44. The number of cyclic esters (lactones) is 1. The molecule has 4 N–H and O–H groups in total. The van der Waals surface area contributed by atoms with Crippen molar-refractivity contribution in [2.75, 3.05) is 11.1 Å². The molecular formula is C26H30N6O4. The molecule has 188 valence electrons. The van der Waals surface area contributed by atoms with Crippen molar-refractivity contribution >= 4 is 23.5 Å². The lowest BCUT2D eigenvalue weighted by Crippen LogP contribution is -2.34. The predicted molar refractivity (Wildman–Crippen MR) is 136 cm³/mol. The number of ether oxygens (including phenoxy) is 1. The fourth-order valence-electron chi connectivity index (χ4n) is 3.47. The van der Waals surface area contributed by atoms with Gasteiger partial charge in [0.2, 0.25) is 0 Å². The molecule has 0 fully saturated rings. The number of aliphatic hydroxyl groups is 1. The lowest BCUT2D eigenvalue weighted by Gasteiger charge is -2.32. The number of carbonyl (C=O) groups excluding carboxylic acids is 2. The van der Waals surface area contributed by atoms with Crippen LogP contribution in [0, 0.1) is 0 Å². The van der Waals surface area contributed by atoms with E-state index in [0.717, 1.165) is 16.8 Å². The quantitative estimate of drug-likeness (QED) is 0.332. The van der Waals surface area contributed by atoms with E-state index in [9.17, 15) is 14.7 Å². The lowest BCUT2D eigenvalue weighted by molar-refractivity contribution is 0.0420. The van der Waals surface area contributed by atoms with Gasteiger partial charge >= 0.3 is 12.1 Å². The van der Waals surface area contributed by atoms with Crippen molar-refractivity contribution in [3.8, 4) is 0 Å². The Labute approximate surface area is 209 Å². The van der Waals surface area contributed by atoms with Crippen LogP contribution in [0.5, 0.6) is 0 Å². The van der Waals surface area contributed by atoms with Crippen molar-refractivity contribution < 1.29 is 19.4 Å². The largest absolute Gasteiger partial charge is 0.438 e. The molecule has 0 unspecified atom stereocenters. The summed E-state index contributed by atoms with van der Waals surface area (Å²) in [5.41, 5.74) is 7.54. The zero-order valence-electron chi connectivity index (χ0n) is 20.6. The van der Waals surface area contributed by atoms with Crippen LogP contribution in [0.4, 0.5) is 21.0 Å². The van der Waals surface area contributed by atoms with Gasteiger partial charge in [0.1, 0.15) is 18.3 Å². The summed E-state index contributed by atoms with van der Waals surface area (Å²) < 4.78 is 7.90. The summed E-state index contributed by atoms with van der Waals surface area (Å²) in [6.45, 7) is 7.20. The second kappa shape index (κ2) is 10.9. The molecule has 1 aliphatic heterocycles. The highest BCUT2D eigenvalue weighted by molar-refractivity contribution is 5.88. The molecule has 0 saturated carbocycles. The van der Waals surface area contributed by atoms with Gasteiger partial charge in [0, 0.05) is 41.6 Å². The van der Waals surface area contributed by atoms with E-state index in [0.29, 0.717) is 5.69 Å². The van der Waals surface area contributed by atoms with Gasteiger partial charge in [-0.25, -0.2) is 19.6 Å². The molecule has 10 nitrogen and oxygen atoms in total. The smallest absolute Gasteiger partial charge is 0.412 e. The molecule has 0 saturated heterocycles. The van der Waals surface area contributed by atoms with Gasteiger partial charge in [0.25, 0.3) is 0 Å². The third-order valence-electron chi connectivity index (χ3n) is 5.23. The van der Waals surface area contributed by atoms with E-state index in [4.69, 9.17) is 10.5 Å². The van der Waals surface area contributed by atoms with Crippen LogP contribution >= 0.6 is 0 Å². The van der Waals surface area contributed by atoms with Crippen molar-refractivity contribution in [3.05, 3.63) is 97.1 Å². The minimum atomic E-state index is -0.842. The number of nitrogens with two attached hydrogens (primary N) is 1. The normalized spacial score (nSPS) is 13.5. The molecule has 0 bridgehead atoms. The molecule has 2 aromatic carbocycles. The number of nitrogen functional groups attached to an aromatic ring is 1. The Morgan fingerprint density at radius 1 is 1.00 bits per heavy atom. The van der Waals surface area contributed by atoms with Crippen LogP contribution < -0.4 is 11.1 Å². The van der Waals surface area contributed by atoms with Crippen molar-refractivity contribution in [1.29, 1.82) is 0 Å². The van der Waals surface area contributed by atoms with Crippen LogP contribution in [0.1, 0.15) is 38.8 Å². The molecule has 1 aliphatic rings. The average Bonchev–Trinajstić information content (AvgIpc) is 3.53. The zero-order chi connectivity index (χ0) is 26.3. The predicted octanol–water partition coefficient (Wildman–Crippen LogP) is 4.58. The minimum Gasteiger partial charge on any atom is -0.438 e. The Bertz CT molecular complexity index is 1260. The average molecular weight is 491 g/mol. The number of nitrogens with zero attached hydrogens (tertiary/aromatic N) is 4. The summed E-state index contributed by atoms with van der Waals surface area (Å²) in [6.07, 6.45) is 8.78. The fraction of sp³-hybridized carbons (Fsp3) is 0.231. The second-order valence-electron chi connectivity index (χ2n) is 8.94. The summed E-state index contributed by atoms with van der Waals surface area (Å²) >= 11 is 0. The molecule has 5 rings (SSSR count). The summed E-state index contributed by atoms with van der Waals surface area (Å²) in [7, 11) is 0. The monoisotopic (exact) mass is 490 g/mol. The van der Waals surface area contributed by atoms with E-state index < -0.39 is 11.2 Å². The maximum Gasteiger partial charge on any atom is 0.412 e. The van der Waals surface area contributed by atoms with Gasteiger partial charge in [-0.1, -0.05) is 36.4 Å². The topological polar surface area (TPSA) is 137 Å². The third kappa shape index (κ3) is 6.57. The number of hydrogen-bond donors (Lipinski definition) is 3. The number of hydrogen-bond acceptors (Lipinski definition) is 7. The number of fused-ring (bicyclic) bond motifs is 1. The van der Waals surface area contributed by atoms with E-state index in [2.05, 4.69) is 15.3 Å². The minimum absolute atomic E-state index is 0.190. The van der Waals surface area contributed by atoms with Crippen molar-refractivity contribution in [2.45, 2.75) is 38.9 Å². The SMILES string of the molecule is CC(C)(O)c1ccccc1N.CC1(C)OC(=O)Nc2ccccc21.O=C(n1ccnc1)n1ccnc1. The Balaban J connectivity index is 0.000000151. The highest BCUT2D eigenvalue weighted by Gasteiger charge is 2.32. The molecule has 10 heteroatoms. The molecule has 0 spiro atoms. The number of aromatic nitrogens is 4. The fourth-order valence-corrected chi connectivity index (χ4v) is 3.47. The number of benzene rings is 2. The lowest BCUT2D eigenvalue weighted by atomic mass is 9.95. The number of imidazole rings is 2. The first-order valence-electron chi connectivity index (χ1n) is 11.2. The molecule has 0 aliphatic carbocycles. The van der Waals surface area contributed by atoms with Crippen LogP contribution in [0.25, 0.3) is 0 Å². The maximum atomic E-state index is 11.4. The van der Waals surface area contributed by atoms with Crippen LogP contribution in [0.2, 0.25) is 0 Å². The van der Waals surface area contributed by atoms with E-state index in [1.807, 2.05) is 56.3 Å². The maximum absolute atomic E-state index is 11.4. The number of anilines is 2. The van der Waals surface area contributed by atoms with Gasteiger partial charge in [-0.15, -0.1) is 0 Å². The van der Waals surface area contributed by atoms with Gasteiger partial charge in [0.05, 0.1) is 11.3 Å². The summed E-state index contributed by atoms with van der Waals surface area (Å²) in [6, 6.07) is 14.8. The highest BCUT2D eigenvalue weighted by atomic mass is 16.6. The molecule has 0 atom stereocenters. The first-order valence-corrected chi connectivity index (χ1v) is 11.2. The summed E-state index contributed by atoms with van der Waals surface area (Å²) in [5, 5.41) is 12.2. The van der Waals surface area contributed by atoms with Crippen molar-refractivity contribution in [2.24, 2.45) is 0 Å². The van der Waals surface area contributed by atoms with Gasteiger partial charge in [-0.05, 0) is 39.8 Å². The molecule has 4 aromatic rings. The van der Waals surface area contributed by atoms with Crippen LogP contribution in [0.3, 0.4) is 0 Å². The summed E-state index contributed by atoms with van der Waals surface area (Å²) in [4.78, 5) is 30.0. The van der Waals surface area contributed by atoms with Crippen molar-refractivity contribution in [1.82, 2.24) is 19.1 Å². The van der Waals surface area contributed by atoms with Gasteiger partial charge < -0.3 is 15.6 Å². The van der Waals surface area contributed by atoms with Gasteiger partial charge in [0.15, 0.2) is 0 Å². The third-order valence-corrected chi connectivity index (χ3v) is 5.23. The van der Waals surface area contributed by atoms with Crippen LogP contribution in [-0.4, -0.2) is 36.3 Å². The van der Waals surface area contributed by atoms with Crippen LogP contribution in [0.15, 0.2) is 86.0 Å². The standard InChI is InChI=1S/C10H11NO2.C9H13NO.C7H6N4O/c1-10(2)7-5-3-4-6-8(7)11-9(12)13-10;1-9(2,11)7-5-3-4-6-8(7)10;12-7(10-3-1-8-5-10)11-4-2-9-6-11/h3-6H,1-2H3,(H,11,12);3-6,11H,10H2,1-2H3;1-6H. The molecule has 0 radical (unpaired) electrons. The molecule has 3 heterocycles. The van der Waals surface area contributed by atoms with Crippen molar-refractivity contribution in [3.63, 3.8) is 0 Å². The molecule has 2 aromatic heterocycles. The van der Waals surface area contributed by atoms with Crippen LogP contribution in [-0.2, 0) is 15.9 Å². The van der Waals surface area contributed by atoms with Gasteiger partial charge in [-0.2, -0.15) is 0 Å². The van der Waals surface area contributed by atoms with E-state index in [-0.39, 0.29) is 12.1 Å². The second-order valence-corrected chi connectivity index (χ2v) is 8.94. The summed E-state index contributed by atoms with van der Waals surface area (Å²) in [5.74, 6) is 0. The number of nitrogens with one attached hydrogen (secondary N) is 1. The molecule has 36 heavy (non-hydrogen) atoms. The number of carbonyl (C=O) groups is 2. The Morgan fingerprint density at radius 2 is 1.56 bits per heavy atom.